The second-order valence-electron chi connectivity index (χ2n) is 8.17. The van der Waals surface area contributed by atoms with E-state index >= 15 is 0 Å². The smallest absolute Gasteiger partial charge is 0.323 e. The lowest BCUT2D eigenvalue weighted by Gasteiger charge is -2.26. The lowest BCUT2D eigenvalue weighted by molar-refractivity contribution is -0.146. The quantitative estimate of drug-likeness (QED) is 0.267. The summed E-state index contributed by atoms with van der Waals surface area (Å²) in [6, 6.07) is 5.27. The highest BCUT2D eigenvalue weighted by molar-refractivity contribution is 6.02. The number of benzene rings is 1. The Morgan fingerprint density at radius 1 is 1.18 bits per heavy atom. The highest BCUT2D eigenvalue weighted by Crippen LogP contribution is 2.31. The second-order valence-corrected chi connectivity index (χ2v) is 8.17. The number of ether oxygens (including phenoxy) is 2. The topological polar surface area (TPSA) is 131 Å². The van der Waals surface area contributed by atoms with Crippen LogP contribution in [0.25, 0.3) is 0 Å². The van der Waals surface area contributed by atoms with E-state index in [1.54, 1.807) is 31.2 Å². The zero-order valence-electron chi connectivity index (χ0n) is 19.5. The number of fused-ring (bicyclic) bond motifs is 1. The van der Waals surface area contributed by atoms with Crippen molar-refractivity contribution in [2.45, 2.75) is 70.4 Å². The number of rotatable bonds is 15. The summed E-state index contributed by atoms with van der Waals surface area (Å²) in [6.07, 6.45) is 7.88. The van der Waals surface area contributed by atoms with Crippen LogP contribution in [0, 0.1) is 0 Å². The average molecular weight is 464 g/mol. The first-order valence-corrected chi connectivity index (χ1v) is 11.9. The van der Waals surface area contributed by atoms with Crippen molar-refractivity contribution >= 4 is 23.5 Å². The van der Waals surface area contributed by atoms with Crippen LogP contribution in [0.4, 0.5) is 5.69 Å². The molecule has 1 aromatic carbocycles. The first-order valence-electron chi connectivity index (χ1n) is 11.9. The molecule has 9 heteroatoms. The molecular formula is C24H37N3O6. The Labute approximate surface area is 195 Å². The van der Waals surface area contributed by atoms with Crippen molar-refractivity contribution in [3.05, 3.63) is 24.3 Å². The molecule has 2 atom stereocenters. The number of carbonyl (C=O) groups excluding carboxylic acids is 2. The minimum Gasteiger partial charge on any atom is -0.489 e. The third-order valence-electron chi connectivity index (χ3n) is 5.59. The van der Waals surface area contributed by atoms with Crippen LogP contribution in [0.5, 0.6) is 5.75 Å². The molecule has 0 bridgehead atoms. The Morgan fingerprint density at radius 3 is 2.52 bits per heavy atom. The number of nitrogens with two attached hydrogens (primary N) is 1. The lowest BCUT2D eigenvalue weighted by atomic mass is 10.0. The van der Waals surface area contributed by atoms with Gasteiger partial charge in [0.2, 0.25) is 5.91 Å². The number of anilines is 1. The van der Waals surface area contributed by atoms with Gasteiger partial charge < -0.3 is 20.3 Å². The molecule has 1 aliphatic rings. The van der Waals surface area contributed by atoms with E-state index in [1.807, 2.05) is 0 Å². The molecule has 0 radical (unpaired) electrons. The van der Waals surface area contributed by atoms with Gasteiger partial charge in [0, 0.05) is 0 Å². The molecule has 4 N–H and O–H groups in total. The molecule has 1 aromatic rings. The van der Waals surface area contributed by atoms with Gasteiger partial charge in [-0.15, -0.1) is 0 Å². The zero-order valence-corrected chi connectivity index (χ0v) is 19.5. The fraction of sp³-hybridized carbons (Fsp3) is 0.625. The van der Waals surface area contributed by atoms with Crippen molar-refractivity contribution in [2.24, 2.45) is 5.73 Å². The third kappa shape index (κ3) is 8.66. The maximum Gasteiger partial charge on any atom is 0.323 e. The zero-order chi connectivity index (χ0) is 24.1. The summed E-state index contributed by atoms with van der Waals surface area (Å²) in [6.45, 7) is 2.20. The summed E-state index contributed by atoms with van der Waals surface area (Å²) in [5.74, 6) is -1.57. The Morgan fingerprint density at radius 2 is 1.85 bits per heavy atom. The summed E-state index contributed by atoms with van der Waals surface area (Å²) < 4.78 is 11.0. The van der Waals surface area contributed by atoms with E-state index in [0.29, 0.717) is 17.9 Å². The van der Waals surface area contributed by atoms with E-state index in [9.17, 15) is 19.5 Å². The Kier molecular flexibility index (Phi) is 11.7. The molecule has 0 fully saturated rings. The van der Waals surface area contributed by atoms with Crippen LogP contribution in [-0.2, 0) is 19.1 Å². The van der Waals surface area contributed by atoms with E-state index in [-0.39, 0.29) is 13.2 Å². The molecule has 33 heavy (non-hydrogen) atoms. The van der Waals surface area contributed by atoms with E-state index in [2.05, 4.69) is 5.32 Å². The number of amides is 1. The van der Waals surface area contributed by atoms with Crippen LogP contribution in [0.15, 0.2) is 24.3 Å². The number of carboxylic acids is 1. The summed E-state index contributed by atoms with van der Waals surface area (Å²) in [5.41, 5.74) is 5.91. The fourth-order valence-electron chi connectivity index (χ4n) is 3.90. The number of hydrogen-bond donors (Lipinski definition) is 3. The molecule has 9 nitrogen and oxygen atoms in total. The van der Waals surface area contributed by atoms with Gasteiger partial charge in [-0.05, 0) is 38.4 Å². The number of nitrogens with zero attached hydrogens (tertiary/aromatic N) is 1. The molecule has 0 spiro atoms. The van der Waals surface area contributed by atoms with Crippen molar-refractivity contribution in [1.82, 2.24) is 5.32 Å². The van der Waals surface area contributed by atoms with Crippen LogP contribution in [0.1, 0.15) is 58.3 Å². The average Bonchev–Trinajstić information content (AvgIpc) is 2.92. The minimum absolute atomic E-state index is 0.0109. The molecule has 0 aliphatic carbocycles. The number of nitrogens with one attached hydrogen (secondary N) is 1. The van der Waals surface area contributed by atoms with Gasteiger partial charge in [0.15, 0.2) is 0 Å². The van der Waals surface area contributed by atoms with E-state index in [1.165, 1.54) is 4.90 Å². The van der Waals surface area contributed by atoms with Crippen LogP contribution in [0.2, 0.25) is 0 Å². The van der Waals surface area contributed by atoms with Crippen LogP contribution in [0.3, 0.4) is 0 Å². The van der Waals surface area contributed by atoms with Crippen LogP contribution in [-0.4, -0.2) is 61.3 Å². The van der Waals surface area contributed by atoms with Gasteiger partial charge in [-0.2, -0.15) is 0 Å². The summed E-state index contributed by atoms with van der Waals surface area (Å²) in [4.78, 5) is 38.4. The first kappa shape index (κ1) is 26.6. The van der Waals surface area contributed by atoms with Gasteiger partial charge in [-0.25, -0.2) is 0 Å². The number of para-hydroxylation sites is 2. The molecule has 0 aromatic heterocycles. The van der Waals surface area contributed by atoms with Gasteiger partial charge in [0.05, 0.1) is 12.3 Å². The number of carboxylic acid groups (broad SMARTS) is 1. The van der Waals surface area contributed by atoms with Crippen molar-refractivity contribution in [3.63, 3.8) is 0 Å². The molecule has 2 rings (SSSR count). The maximum atomic E-state index is 13.2. The van der Waals surface area contributed by atoms with E-state index < -0.39 is 36.5 Å². The van der Waals surface area contributed by atoms with Gasteiger partial charge in [0.1, 0.15) is 31.0 Å². The first-order chi connectivity index (χ1) is 16.0. The summed E-state index contributed by atoms with van der Waals surface area (Å²) in [5, 5.41) is 12.4. The molecule has 184 valence electrons. The van der Waals surface area contributed by atoms with Gasteiger partial charge in [0.25, 0.3) is 0 Å². The van der Waals surface area contributed by atoms with Gasteiger partial charge >= 0.3 is 11.9 Å². The largest absolute Gasteiger partial charge is 0.489 e. The molecule has 1 amide bonds. The highest BCUT2D eigenvalue weighted by atomic mass is 16.5. The monoisotopic (exact) mass is 463 g/mol. The van der Waals surface area contributed by atoms with Crippen molar-refractivity contribution < 1.29 is 29.0 Å². The number of esters is 1. The lowest BCUT2D eigenvalue weighted by Crippen LogP contribution is -2.54. The Hall–Kier alpha value is -2.65. The summed E-state index contributed by atoms with van der Waals surface area (Å²) in [7, 11) is 0. The standard InChI is InChI=1S/C24H37N3O6/c1-2-32-24(31)18(12-8-6-4-3-5-7-11-15-25)26-19-17-33-21-14-10-9-13-20(21)27(23(19)30)16-22(28)29/h9-10,13-14,18-19,26H,2-8,11-12,15-17,25H2,1H3,(H,28,29)/t18?,19-/m0/s1. The molecule has 1 aliphatic heterocycles. The highest BCUT2D eigenvalue weighted by Gasteiger charge is 2.35. The molecule has 0 saturated heterocycles. The van der Waals surface area contributed by atoms with Crippen molar-refractivity contribution in [3.8, 4) is 5.75 Å². The minimum atomic E-state index is -1.13. The third-order valence-corrected chi connectivity index (χ3v) is 5.59. The van der Waals surface area contributed by atoms with Gasteiger partial charge in [-0.3, -0.25) is 24.6 Å². The van der Waals surface area contributed by atoms with Gasteiger partial charge in [-0.1, -0.05) is 50.7 Å². The van der Waals surface area contributed by atoms with E-state index in [0.717, 1.165) is 51.5 Å². The molecule has 0 saturated carbocycles. The second kappa shape index (κ2) is 14.5. The number of aliphatic carboxylic acids is 1. The number of unbranched alkanes of at least 4 members (excludes halogenated alkanes) is 6. The predicted molar refractivity (Wildman–Crippen MR) is 125 cm³/mol. The maximum absolute atomic E-state index is 13.2. The Bertz CT molecular complexity index is 772. The molecular weight excluding hydrogens is 426 g/mol. The molecule has 1 heterocycles. The van der Waals surface area contributed by atoms with Crippen molar-refractivity contribution in [1.29, 1.82) is 0 Å². The molecule has 1 unspecified atom stereocenters. The SMILES string of the molecule is CCOC(=O)C(CCCCCCCCCN)N[C@H]1COc2ccccc2N(CC(=O)O)C1=O. The summed E-state index contributed by atoms with van der Waals surface area (Å²) >= 11 is 0. The van der Waals surface area contributed by atoms with Crippen LogP contribution >= 0.6 is 0 Å². The normalized spacial score (nSPS) is 16.5. The van der Waals surface area contributed by atoms with Crippen LogP contribution < -0.4 is 20.7 Å². The number of hydrogen-bond acceptors (Lipinski definition) is 7. The van der Waals surface area contributed by atoms with Crippen molar-refractivity contribution in [2.75, 3.05) is 31.2 Å². The number of carbonyl (C=O) groups is 3. The fourth-order valence-corrected chi connectivity index (χ4v) is 3.90. The Balaban J connectivity index is 2.01. The van der Waals surface area contributed by atoms with E-state index in [4.69, 9.17) is 15.2 Å². The predicted octanol–water partition coefficient (Wildman–Crippen LogP) is 2.47.